The Kier molecular flexibility index (Phi) is 4.58. The normalized spacial score (nSPS) is 18.3. The van der Waals surface area contributed by atoms with Gasteiger partial charge in [0.25, 0.3) is 0 Å². The van der Waals surface area contributed by atoms with Crippen LogP contribution in [0.3, 0.4) is 0 Å². The maximum Gasteiger partial charge on any atom is 0.341 e. The third-order valence-corrected chi connectivity index (χ3v) is 3.34. The van der Waals surface area contributed by atoms with Crippen molar-refractivity contribution in [1.29, 1.82) is 0 Å². The van der Waals surface area contributed by atoms with Gasteiger partial charge in [0.1, 0.15) is 5.75 Å². The van der Waals surface area contributed by atoms with Gasteiger partial charge < -0.3 is 14.9 Å². The van der Waals surface area contributed by atoms with Gasteiger partial charge in [-0.2, -0.15) is 0 Å². The monoisotopic (exact) mass is 262 g/mol. The summed E-state index contributed by atoms with van der Waals surface area (Å²) in [7, 11) is 0. The van der Waals surface area contributed by atoms with Crippen LogP contribution in [0, 0.1) is 5.92 Å². The van der Waals surface area contributed by atoms with Crippen LogP contribution in [0.5, 0.6) is 5.75 Å². The van der Waals surface area contributed by atoms with Crippen molar-refractivity contribution in [3.05, 3.63) is 41.5 Å². The van der Waals surface area contributed by atoms with Gasteiger partial charge in [0.05, 0.1) is 6.61 Å². The number of fused-ring (bicyclic) bond motifs is 1. The van der Waals surface area contributed by atoms with Crippen LogP contribution in [0.2, 0.25) is 0 Å². The predicted octanol–water partition coefficient (Wildman–Crippen LogP) is 1.80. The van der Waals surface area contributed by atoms with E-state index >= 15 is 0 Å². The van der Waals surface area contributed by atoms with E-state index in [0.717, 1.165) is 24.8 Å². The first-order valence-corrected chi connectivity index (χ1v) is 6.43. The summed E-state index contributed by atoms with van der Waals surface area (Å²) < 4.78 is 5.32. The third kappa shape index (κ3) is 3.58. The summed E-state index contributed by atoms with van der Waals surface area (Å²) in [6.45, 7) is -0.227. The van der Waals surface area contributed by atoms with Gasteiger partial charge in [0, 0.05) is 0 Å². The van der Waals surface area contributed by atoms with E-state index in [4.69, 9.17) is 14.9 Å². The van der Waals surface area contributed by atoms with Gasteiger partial charge in [0.15, 0.2) is 6.61 Å². The number of hydrogen-bond acceptors (Lipinski definition) is 3. The summed E-state index contributed by atoms with van der Waals surface area (Å²) in [6, 6.07) is 5.78. The molecule has 4 nitrogen and oxygen atoms in total. The highest BCUT2D eigenvalue weighted by Crippen LogP contribution is 2.32. The van der Waals surface area contributed by atoms with Crippen molar-refractivity contribution in [2.24, 2.45) is 5.92 Å². The van der Waals surface area contributed by atoms with Crippen LogP contribution in [0.4, 0.5) is 0 Å². The summed E-state index contributed by atoms with van der Waals surface area (Å²) in [5.74, 6) is 0.163. The van der Waals surface area contributed by atoms with E-state index in [1.165, 1.54) is 5.56 Å². The molecule has 1 aliphatic carbocycles. The number of aliphatic hydroxyl groups excluding tert-OH is 1. The number of carbonyl (C=O) groups is 1. The molecule has 0 amide bonds. The topological polar surface area (TPSA) is 66.8 Å². The van der Waals surface area contributed by atoms with Gasteiger partial charge in [-0.1, -0.05) is 24.3 Å². The molecule has 1 aliphatic rings. The lowest BCUT2D eigenvalue weighted by Gasteiger charge is -2.24. The molecule has 0 aromatic heterocycles. The number of aliphatic hydroxyl groups is 1. The molecule has 0 saturated carbocycles. The van der Waals surface area contributed by atoms with Crippen molar-refractivity contribution in [3.63, 3.8) is 0 Å². The molecular formula is C15H18O4. The lowest BCUT2D eigenvalue weighted by Crippen LogP contribution is -2.16. The fourth-order valence-corrected chi connectivity index (χ4v) is 2.49. The number of rotatable bonds is 5. The molecule has 2 rings (SSSR count). The molecule has 1 unspecified atom stereocenters. The van der Waals surface area contributed by atoms with E-state index in [2.05, 4.69) is 6.07 Å². The Labute approximate surface area is 112 Å². The first-order valence-electron chi connectivity index (χ1n) is 6.43. The lowest BCUT2D eigenvalue weighted by molar-refractivity contribution is -0.139. The molecule has 0 saturated heterocycles. The number of ether oxygens (including phenoxy) is 1. The van der Waals surface area contributed by atoms with Crippen molar-refractivity contribution in [3.8, 4) is 5.75 Å². The first-order chi connectivity index (χ1) is 9.20. The average molecular weight is 262 g/mol. The van der Waals surface area contributed by atoms with Crippen LogP contribution in [-0.2, 0) is 17.6 Å². The van der Waals surface area contributed by atoms with Crippen LogP contribution in [0.15, 0.2) is 30.4 Å². The van der Waals surface area contributed by atoms with Crippen molar-refractivity contribution in [1.82, 2.24) is 0 Å². The molecule has 0 radical (unpaired) electrons. The second-order valence-electron chi connectivity index (χ2n) is 4.69. The zero-order valence-corrected chi connectivity index (χ0v) is 10.7. The van der Waals surface area contributed by atoms with E-state index in [1.54, 1.807) is 6.08 Å². The Morgan fingerprint density at radius 3 is 3.05 bits per heavy atom. The second-order valence-corrected chi connectivity index (χ2v) is 4.69. The summed E-state index contributed by atoms with van der Waals surface area (Å²) in [5, 5.41) is 17.5. The molecule has 0 aliphatic heterocycles. The van der Waals surface area contributed by atoms with E-state index in [9.17, 15) is 4.79 Å². The van der Waals surface area contributed by atoms with Gasteiger partial charge in [-0.3, -0.25) is 0 Å². The Morgan fingerprint density at radius 2 is 2.32 bits per heavy atom. The van der Waals surface area contributed by atoms with E-state index in [-0.39, 0.29) is 13.2 Å². The highest BCUT2D eigenvalue weighted by molar-refractivity contribution is 5.68. The van der Waals surface area contributed by atoms with Gasteiger partial charge in [-0.25, -0.2) is 4.79 Å². The standard InChI is InChI=1S/C15H18O4/c16-8-2-3-11-6-7-13-12(9-11)4-1-5-14(13)19-10-15(17)18/h1-5,11,16H,6-10H2,(H,17,18). The van der Waals surface area contributed by atoms with E-state index in [0.29, 0.717) is 11.7 Å². The number of carboxylic acid groups (broad SMARTS) is 1. The molecule has 0 fully saturated rings. The number of carboxylic acids is 1. The highest BCUT2D eigenvalue weighted by Gasteiger charge is 2.19. The Hall–Kier alpha value is -1.81. The summed E-state index contributed by atoms with van der Waals surface area (Å²) in [5.41, 5.74) is 2.33. The summed E-state index contributed by atoms with van der Waals surface area (Å²) in [6.07, 6.45) is 6.62. The van der Waals surface area contributed by atoms with Crippen molar-refractivity contribution in [2.75, 3.05) is 13.2 Å². The van der Waals surface area contributed by atoms with Gasteiger partial charge in [0.2, 0.25) is 0 Å². The average Bonchev–Trinajstić information content (AvgIpc) is 2.42. The quantitative estimate of drug-likeness (QED) is 0.794. The first kappa shape index (κ1) is 13.6. The molecule has 1 atom stereocenters. The largest absolute Gasteiger partial charge is 0.482 e. The SMILES string of the molecule is O=C(O)COc1cccc2c1CCC(C=CCO)C2. The van der Waals surface area contributed by atoms with Crippen LogP contribution in [-0.4, -0.2) is 29.4 Å². The van der Waals surface area contributed by atoms with Crippen LogP contribution in [0.1, 0.15) is 17.5 Å². The zero-order valence-electron chi connectivity index (χ0n) is 10.7. The minimum Gasteiger partial charge on any atom is -0.482 e. The van der Waals surface area contributed by atoms with E-state index < -0.39 is 5.97 Å². The number of benzene rings is 1. The summed E-state index contributed by atoms with van der Waals surface area (Å²) in [4.78, 5) is 10.6. The van der Waals surface area contributed by atoms with E-state index in [1.807, 2.05) is 18.2 Å². The molecule has 102 valence electrons. The van der Waals surface area contributed by atoms with Crippen LogP contribution in [0.25, 0.3) is 0 Å². The fourth-order valence-electron chi connectivity index (χ4n) is 2.49. The number of allylic oxidation sites excluding steroid dienone is 1. The minimum absolute atomic E-state index is 0.0745. The zero-order chi connectivity index (χ0) is 13.7. The molecule has 0 spiro atoms. The van der Waals surface area contributed by atoms with Crippen molar-refractivity contribution < 1.29 is 19.7 Å². The Bertz CT molecular complexity index is 479. The maximum atomic E-state index is 10.6. The highest BCUT2D eigenvalue weighted by atomic mass is 16.5. The van der Waals surface area contributed by atoms with Crippen LogP contribution < -0.4 is 4.74 Å². The fraction of sp³-hybridized carbons (Fsp3) is 0.400. The Balaban J connectivity index is 2.11. The molecule has 2 N–H and O–H groups in total. The second kappa shape index (κ2) is 6.38. The Morgan fingerprint density at radius 1 is 1.47 bits per heavy atom. The maximum absolute atomic E-state index is 10.6. The lowest BCUT2D eigenvalue weighted by atomic mass is 9.83. The van der Waals surface area contributed by atoms with Crippen LogP contribution >= 0.6 is 0 Å². The van der Waals surface area contributed by atoms with Gasteiger partial charge in [-0.05, 0) is 42.4 Å². The molecule has 19 heavy (non-hydrogen) atoms. The van der Waals surface area contributed by atoms with Crippen molar-refractivity contribution >= 4 is 5.97 Å². The van der Waals surface area contributed by atoms with Gasteiger partial charge >= 0.3 is 5.97 Å². The summed E-state index contributed by atoms with van der Waals surface area (Å²) >= 11 is 0. The molecular weight excluding hydrogens is 244 g/mol. The van der Waals surface area contributed by atoms with Gasteiger partial charge in [-0.15, -0.1) is 0 Å². The molecule has 1 aromatic rings. The number of aliphatic carboxylic acids is 1. The molecule has 4 heteroatoms. The molecule has 0 heterocycles. The van der Waals surface area contributed by atoms with Crippen molar-refractivity contribution in [2.45, 2.75) is 19.3 Å². The molecule has 0 bridgehead atoms. The minimum atomic E-state index is -0.961. The number of hydrogen-bond donors (Lipinski definition) is 2. The molecule has 1 aromatic carbocycles. The predicted molar refractivity (Wildman–Crippen MR) is 71.3 cm³/mol. The smallest absolute Gasteiger partial charge is 0.341 e. The third-order valence-electron chi connectivity index (χ3n) is 3.34.